The Hall–Kier alpha value is -1.43. The average Bonchev–Trinajstić information content (AvgIpc) is 2.24. The number of hydrogen-bond donors (Lipinski definition) is 1. The first-order valence-electron chi connectivity index (χ1n) is 6.33. The van der Waals surface area contributed by atoms with E-state index >= 15 is 0 Å². The lowest BCUT2D eigenvalue weighted by molar-refractivity contribution is -0.131. The largest absolute Gasteiger partial charge is 0.348 e. The third-order valence-electron chi connectivity index (χ3n) is 2.74. The van der Waals surface area contributed by atoms with Crippen molar-refractivity contribution >= 4 is 17.6 Å². The van der Waals surface area contributed by atoms with Crippen LogP contribution in [0.2, 0.25) is 0 Å². The lowest BCUT2D eigenvalue weighted by atomic mass is 10.0. The van der Waals surface area contributed by atoms with Gasteiger partial charge in [0, 0.05) is 14.1 Å². The number of rotatable bonds is 7. The molecule has 0 heterocycles. The van der Waals surface area contributed by atoms with Gasteiger partial charge in [0.2, 0.25) is 11.8 Å². The lowest BCUT2D eigenvalue weighted by Crippen LogP contribution is -2.48. The van der Waals surface area contributed by atoms with Crippen LogP contribution in [0.25, 0.3) is 0 Å². The van der Waals surface area contributed by atoms with Crippen molar-refractivity contribution in [3.63, 3.8) is 0 Å². The Balaban J connectivity index is 4.30. The van der Waals surface area contributed by atoms with Crippen LogP contribution in [0.4, 0.5) is 0 Å². The van der Waals surface area contributed by atoms with Gasteiger partial charge in [0.1, 0.15) is 0 Å². The summed E-state index contributed by atoms with van der Waals surface area (Å²) in [7, 11) is 5.03. The van der Waals surface area contributed by atoms with Gasteiger partial charge in [0.05, 0.1) is 19.1 Å². The van der Waals surface area contributed by atoms with Gasteiger partial charge < -0.3 is 10.2 Å². The van der Waals surface area contributed by atoms with Crippen LogP contribution in [0, 0.1) is 5.92 Å². The van der Waals surface area contributed by atoms with Crippen LogP contribution in [-0.4, -0.2) is 67.7 Å². The Morgan fingerprint density at radius 2 is 1.58 bits per heavy atom. The standard InChI is InChI=1S/C13H25N3O3/c1-9(2)13(10(3)17)14-11(18)7-16(6)8-12(19)15(4)5/h9,13H,7-8H2,1-6H3,(H,14,18). The van der Waals surface area contributed by atoms with Crippen molar-refractivity contribution in [2.24, 2.45) is 5.92 Å². The van der Waals surface area contributed by atoms with E-state index in [1.807, 2.05) is 13.8 Å². The molecule has 6 nitrogen and oxygen atoms in total. The molecule has 0 saturated carbocycles. The van der Waals surface area contributed by atoms with Crippen molar-refractivity contribution in [1.82, 2.24) is 15.1 Å². The Morgan fingerprint density at radius 1 is 1.05 bits per heavy atom. The maximum absolute atomic E-state index is 11.8. The number of nitrogens with one attached hydrogen (secondary N) is 1. The number of Topliss-reactive ketones (excluding diaryl/α,β-unsaturated/α-hetero) is 1. The Bertz CT molecular complexity index is 340. The highest BCUT2D eigenvalue weighted by Crippen LogP contribution is 2.02. The molecule has 1 atom stereocenters. The summed E-state index contributed by atoms with van der Waals surface area (Å²) < 4.78 is 0. The minimum atomic E-state index is -0.467. The molecular formula is C13H25N3O3. The minimum Gasteiger partial charge on any atom is -0.348 e. The average molecular weight is 271 g/mol. The van der Waals surface area contributed by atoms with Gasteiger partial charge in [-0.3, -0.25) is 19.3 Å². The zero-order chi connectivity index (χ0) is 15.2. The molecule has 0 fully saturated rings. The number of ketones is 1. The van der Waals surface area contributed by atoms with Crippen molar-refractivity contribution in [3.05, 3.63) is 0 Å². The molecule has 1 unspecified atom stereocenters. The molecule has 0 saturated heterocycles. The van der Waals surface area contributed by atoms with Crippen molar-refractivity contribution in [2.75, 3.05) is 34.2 Å². The molecule has 0 aliphatic rings. The number of amides is 2. The first-order chi connectivity index (χ1) is 8.65. The predicted octanol–water partition coefficient (Wildman–Crippen LogP) is -0.264. The second-order valence-electron chi connectivity index (χ2n) is 5.36. The molecule has 0 bridgehead atoms. The van der Waals surface area contributed by atoms with Crippen LogP contribution < -0.4 is 5.32 Å². The van der Waals surface area contributed by atoms with E-state index in [0.717, 1.165) is 0 Å². The summed E-state index contributed by atoms with van der Waals surface area (Å²) in [5.41, 5.74) is 0. The zero-order valence-corrected chi connectivity index (χ0v) is 12.7. The minimum absolute atomic E-state index is 0.0511. The van der Waals surface area contributed by atoms with Gasteiger partial charge in [0.25, 0.3) is 0 Å². The van der Waals surface area contributed by atoms with Gasteiger partial charge in [-0.05, 0) is 19.9 Å². The van der Waals surface area contributed by atoms with E-state index in [1.54, 1.807) is 26.0 Å². The number of nitrogens with zero attached hydrogens (tertiary/aromatic N) is 2. The van der Waals surface area contributed by atoms with Crippen LogP contribution in [0.15, 0.2) is 0 Å². The molecule has 0 aromatic carbocycles. The summed E-state index contributed by atoms with van der Waals surface area (Å²) >= 11 is 0. The number of likely N-dealkylation sites (N-methyl/N-ethyl adjacent to an activating group) is 2. The molecule has 0 aliphatic heterocycles. The van der Waals surface area contributed by atoms with Crippen LogP contribution in [0.3, 0.4) is 0 Å². The lowest BCUT2D eigenvalue weighted by Gasteiger charge is -2.22. The molecule has 0 radical (unpaired) electrons. The van der Waals surface area contributed by atoms with E-state index < -0.39 is 6.04 Å². The van der Waals surface area contributed by atoms with E-state index in [0.29, 0.717) is 0 Å². The normalized spacial score (nSPS) is 12.4. The molecular weight excluding hydrogens is 246 g/mol. The molecule has 0 aromatic heterocycles. The first-order valence-corrected chi connectivity index (χ1v) is 6.33. The fraction of sp³-hybridized carbons (Fsp3) is 0.769. The highest BCUT2D eigenvalue weighted by Gasteiger charge is 2.21. The summed E-state index contributed by atoms with van der Waals surface area (Å²) in [6.45, 7) is 5.49. The van der Waals surface area contributed by atoms with Gasteiger partial charge in [0.15, 0.2) is 5.78 Å². The maximum Gasteiger partial charge on any atom is 0.236 e. The van der Waals surface area contributed by atoms with Crippen LogP contribution >= 0.6 is 0 Å². The molecule has 6 heteroatoms. The van der Waals surface area contributed by atoms with Crippen molar-refractivity contribution in [1.29, 1.82) is 0 Å². The molecule has 19 heavy (non-hydrogen) atoms. The van der Waals surface area contributed by atoms with Crippen LogP contribution in [0.5, 0.6) is 0 Å². The molecule has 2 amide bonds. The van der Waals surface area contributed by atoms with Crippen molar-refractivity contribution < 1.29 is 14.4 Å². The SMILES string of the molecule is CC(=O)C(NC(=O)CN(C)CC(=O)N(C)C)C(C)C. The van der Waals surface area contributed by atoms with Gasteiger partial charge >= 0.3 is 0 Å². The molecule has 1 N–H and O–H groups in total. The molecule has 0 rings (SSSR count). The van der Waals surface area contributed by atoms with Crippen LogP contribution in [-0.2, 0) is 14.4 Å². The smallest absolute Gasteiger partial charge is 0.236 e. The maximum atomic E-state index is 11.8. The highest BCUT2D eigenvalue weighted by molar-refractivity contribution is 5.88. The number of carbonyl (C=O) groups excluding carboxylic acids is 3. The van der Waals surface area contributed by atoms with E-state index in [4.69, 9.17) is 0 Å². The monoisotopic (exact) mass is 271 g/mol. The third kappa shape index (κ3) is 6.91. The fourth-order valence-corrected chi connectivity index (χ4v) is 1.63. The summed E-state index contributed by atoms with van der Waals surface area (Å²) in [5, 5.41) is 2.69. The van der Waals surface area contributed by atoms with Crippen molar-refractivity contribution in [2.45, 2.75) is 26.8 Å². The zero-order valence-electron chi connectivity index (χ0n) is 12.7. The fourth-order valence-electron chi connectivity index (χ4n) is 1.63. The van der Waals surface area contributed by atoms with E-state index in [9.17, 15) is 14.4 Å². The van der Waals surface area contributed by atoms with Gasteiger partial charge in [-0.25, -0.2) is 0 Å². The Morgan fingerprint density at radius 3 is 1.95 bits per heavy atom. The second kappa shape index (κ2) is 7.89. The van der Waals surface area contributed by atoms with E-state index in [1.165, 1.54) is 11.8 Å². The second-order valence-corrected chi connectivity index (χ2v) is 5.36. The summed E-state index contributed by atoms with van der Waals surface area (Å²) in [4.78, 5) is 37.7. The van der Waals surface area contributed by atoms with E-state index in [-0.39, 0.29) is 36.6 Å². The summed E-state index contributed by atoms with van der Waals surface area (Å²) in [6, 6.07) is -0.467. The number of hydrogen-bond acceptors (Lipinski definition) is 4. The summed E-state index contributed by atoms with van der Waals surface area (Å²) in [6.07, 6.45) is 0. The van der Waals surface area contributed by atoms with Gasteiger partial charge in [-0.1, -0.05) is 13.8 Å². The highest BCUT2D eigenvalue weighted by atomic mass is 16.2. The first kappa shape index (κ1) is 17.6. The number of carbonyl (C=O) groups is 3. The molecule has 0 aliphatic carbocycles. The Kier molecular flexibility index (Phi) is 7.29. The quantitative estimate of drug-likeness (QED) is 0.692. The Labute approximate surface area is 115 Å². The van der Waals surface area contributed by atoms with Crippen LogP contribution in [0.1, 0.15) is 20.8 Å². The molecule has 0 aromatic rings. The van der Waals surface area contributed by atoms with Gasteiger partial charge in [-0.2, -0.15) is 0 Å². The summed E-state index contributed by atoms with van der Waals surface area (Å²) in [5.74, 6) is -0.323. The van der Waals surface area contributed by atoms with Crippen molar-refractivity contribution in [3.8, 4) is 0 Å². The topological polar surface area (TPSA) is 69.7 Å². The predicted molar refractivity (Wildman–Crippen MR) is 73.6 cm³/mol. The molecule has 110 valence electrons. The van der Waals surface area contributed by atoms with E-state index in [2.05, 4.69) is 5.32 Å². The molecule has 0 spiro atoms. The third-order valence-corrected chi connectivity index (χ3v) is 2.74. The van der Waals surface area contributed by atoms with Gasteiger partial charge in [-0.15, -0.1) is 0 Å².